The Morgan fingerprint density at radius 2 is 2.25 bits per heavy atom. The molecule has 0 aromatic carbocycles. The summed E-state index contributed by atoms with van der Waals surface area (Å²) in [5.41, 5.74) is 8.34. The Morgan fingerprint density at radius 1 is 1.50 bits per heavy atom. The lowest BCUT2D eigenvalue weighted by Crippen LogP contribution is -2.24. The van der Waals surface area contributed by atoms with Gasteiger partial charge in [0.15, 0.2) is 5.11 Å². The van der Waals surface area contributed by atoms with Gasteiger partial charge in [-0.05, 0) is 18.3 Å². The van der Waals surface area contributed by atoms with Crippen LogP contribution in [-0.4, -0.2) is 30.5 Å². The molecule has 16 heavy (non-hydrogen) atoms. The van der Waals surface area contributed by atoms with Crippen LogP contribution in [0.3, 0.4) is 0 Å². The van der Waals surface area contributed by atoms with Crippen molar-refractivity contribution in [2.75, 3.05) is 14.2 Å². The molecule has 0 aliphatic heterocycles. The highest BCUT2D eigenvalue weighted by atomic mass is 32.1. The fraction of sp³-hybridized carbons (Fsp3) is 0.222. The first kappa shape index (κ1) is 12.2. The summed E-state index contributed by atoms with van der Waals surface area (Å²) in [6.45, 7) is 0. The molecule has 0 unspecified atom stereocenters. The molecule has 1 rings (SSSR count). The molecule has 1 aromatic heterocycles. The highest BCUT2D eigenvalue weighted by molar-refractivity contribution is 7.80. The van der Waals surface area contributed by atoms with Gasteiger partial charge in [0.2, 0.25) is 11.8 Å². The third kappa shape index (κ3) is 3.35. The lowest BCUT2D eigenvalue weighted by molar-refractivity contribution is 0.364. The number of nitrogens with zero attached hydrogens (tertiary/aromatic N) is 2. The second-order valence-electron chi connectivity index (χ2n) is 2.69. The molecule has 86 valence electrons. The predicted molar refractivity (Wildman–Crippen MR) is 64.9 cm³/mol. The van der Waals surface area contributed by atoms with E-state index in [4.69, 9.17) is 15.2 Å². The Bertz CT molecular complexity index is 408. The van der Waals surface area contributed by atoms with Crippen LogP contribution in [0.5, 0.6) is 11.8 Å². The first-order chi connectivity index (χ1) is 7.67. The minimum Gasteiger partial charge on any atom is -0.481 e. The maximum absolute atomic E-state index is 5.21. The lowest BCUT2D eigenvalue weighted by Gasteiger charge is -2.05. The van der Waals surface area contributed by atoms with E-state index in [1.165, 1.54) is 20.4 Å². The summed E-state index contributed by atoms with van der Waals surface area (Å²) in [4.78, 5) is 4.08. The van der Waals surface area contributed by atoms with E-state index < -0.39 is 0 Å². The number of nitrogens with two attached hydrogens (primary N) is 1. The van der Waals surface area contributed by atoms with Gasteiger partial charge in [-0.2, -0.15) is 10.1 Å². The van der Waals surface area contributed by atoms with Crippen LogP contribution in [0.2, 0.25) is 0 Å². The Kier molecular flexibility index (Phi) is 4.46. The number of methoxy groups -OCH3 is 2. The first-order valence-corrected chi connectivity index (χ1v) is 4.75. The van der Waals surface area contributed by atoms with Crippen LogP contribution in [0, 0.1) is 0 Å². The van der Waals surface area contributed by atoms with E-state index in [-0.39, 0.29) is 5.11 Å². The van der Waals surface area contributed by atoms with Crippen LogP contribution >= 0.6 is 12.2 Å². The minimum absolute atomic E-state index is 0.0942. The summed E-state index contributed by atoms with van der Waals surface area (Å²) in [6.07, 6.45) is 1.50. The van der Waals surface area contributed by atoms with Crippen molar-refractivity contribution >= 4 is 23.5 Å². The summed E-state index contributed by atoms with van der Waals surface area (Å²) in [6, 6.07) is 3.46. The summed E-state index contributed by atoms with van der Waals surface area (Å²) < 4.78 is 10.0. The van der Waals surface area contributed by atoms with E-state index in [1.807, 2.05) is 0 Å². The normalized spacial score (nSPS) is 10.1. The topological polar surface area (TPSA) is 81.8 Å². The number of thiocarbonyl (C=S) groups is 1. The maximum Gasteiger partial charge on any atom is 0.225 e. The van der Waals surface area contributed by atoms with E-state index in [2.05, 4.69) is 27.7 Å². The molecule has 1 heterocycles. The van der Waals surface area contributed by atoms with Crippen molar-refractivity contribution in [3.8, 4) is 11.8 Å². The fourth-order valence-electron chi connectivity index (χ4n) is 0.975. The molecule has 0 aliphatic carbocycles. The molecule has 0 bridgehead atoms. The standard InChI is InChI=1S/C9H12N4O2S/c1-14-7-4-3-6(8(12-7)15-2)5-11-13-9(10)16/h3-5H,1-2H3,(H3,10,13,16). The van der Waals surface area contributed by atoms with Gasteiger partial charge in [0.25, 0.3) is 0 Å². The maximum atomic E-state index is 5.21. The molecule has 3 N–H and O–H groups in total. The largest absolute Gasteiger partial charge is 0.481 e. The van der Waals surface area contributed by atoms with Gasteiger partial charge in [-0.3, -0.25) is 5.43 Å². The van der Waals surface area contributed by atoms with Crippen molar-refractivity contribution in [3.05, 3.63) is 17.7 Å². The average Bonchev–Trinajstić information content (AvgIpc) is 2.29. The number of rotatable bonds is 4. The molecule has 0 atom stereocenters. The Morgan fingerprint density at radius 3 is 2.81 bits per heavy atom. The summed E-state index contributed by atoms with van der Waals surface area (Å²) in [5.74, 6) is 0.879. The van der Waals surface area contributed by atoms with Gasteiger partial charge < -0.3 is 15.2 Å². The summed E-state index contributed by atoms with van der Waals surface area (Å²) >= 11 is 4.60. The Labute approximate surface area is 98.5 Å². The zero-order chi connectivity index (χ0) is 12.0. The Hall–Kier alpha value is -1.89. The molecule has 0 radical (unpaired) electrons. The van der Waals surface area contributed by atoms with Gasteiger partial charge >= 0.3 is 0 Å². The van der Waals surface area contributed by atoms with Crippen molar-refractivity contribution < 1.29 is 9.47 Å². The third-order valence-corrected chi connectivity index (χ3v) is 1.74. The van der Waals surface area contributed by atoms with Crippen molar-refractivity contribution in [1.29, 1.82) is 0 Å². The summed E-state index contributed by atoms with van der Waals surface area (Å²) in [7, 11) is 3.05. The van der Waals surface area contributed by atoms with Gasteiger partial charge in [-0.15, -0.1) is 0 Å². The van der Waals surface area contributed by atoms with Crippen LogP contribution in [0.4, 0.5) is 0 Å². The molecule has 0 fully saturated rings. The number of pyridine rings is 1. The molecule has 0 saturated carbocycles. The number of ether oxygens (including phenoxy) is 2. The van der Waals surface area contributed by atoms with Crippen LogP contribution in [0.1, 0.15) is 5.56 Å². The van der Waals surface area contributed by atoms with Gasteiger partial charge in [0, 0.05) is 6.07 Å². The van der Waals surface area contributed by atoms with E-state index in [0.717, 1.165) is 0 Å². The van der Waals surface area contributed by atoms with Crippen LogP contribution < -0.4 is 20.6 Å². The van der Waals surface area contributed by atoms with Gasteiger partial charge in [0.05, 0.1) is 26.0 Å². The molecule has 6 nitrogen and oxygen atoms in total. The SMILES string of the molecule is COc1ccc(C=NNC(N)=S)c(OC)n1. The molecular formula is C9H12N4O2S. The summed E-state index contributed by atoms with van der Waals surface area (Å²) in [5, 5.41) is 3.90. The number of nitrogens with one attached hydrogen (secondary N) is 1. The molecular weight excluding hydrogens is 228 g/mol. The number of hydrogen-bond acceptors (Lipinski definition) is 5. The van der Waals surface area contributed by atoms with E-state index in [1.54, 1.807) is 12.1 Å². The third-order valence-electron chi connectivity index (χ3n) is 1.65. The van der Waals surface area contributed by atoms with Crippen molar-refractivity contribution in [2.24, 2.45) is 10.8 Å². The van der Waals surface area contributed by atoms with Crippen LogP contribution in [-0.2, 0) is 0 Å². The quantitative estimate of drug-likeness (QED) is 0.446. The Balaban J connectivity index is 2.87. The smallest absolute Gasteiger partial charge is 0.225 e. The van der Waals surface area contributed by atoms with Gasteiger partial charge in [0.1, 0.15) is 0 Å². The highest BCUT2D eigenvalue weighted by Crippen LogP contribution is 2.17. The van der Waals surface area contributed by atoms with Crippen LogP contribution in [0.15, 0.2) is 17.2 Å². The van der Waals surface area contributed by atoms with Crippen molar-refractivity contribution in [3.63, 3.8) is 0 Å². The molecule has 7 heteroatoms. The molecule has 0 amide bonds. The molecule has 0 spiro atoms. The van der Waals surface area contributed by atoms with Crippen molar-refractivity contribution in [2.45, 2.75) is 0 Å². The molecule has 0 saturated heterocycles. The minimum atomic E-state index is 0.0942. The second kappa shape index (κ2) is 5.86. The predicted octanol–water partition coefficient (Wildman–Crippen LogP) is 0.266. The highest BCUT2D eigenvalue weighted by Gasteiger charge is 2.04. The van der Waals surface area contributed by atoms with Crippen molar-refractivity contribution in [1.82, 2.24) is 10.4 Å². The zero-order valence-corrected chi connectivity index (χ0v) is 9.75. The van der Waals surface area contributed by atoms with Gasteiger partial charge in [-0.1, -0.05) is 0 Å². The van der Waals surface area contributed by atoms with E-state index in [9.17, 15) is 0 Å². The van der Waals surface area contributed by atoms with E-state index in [0.29, 0.717) is 17.3 Å². The second-order valence-corrected chi connectivity index (χ2v) is 3.13. The monoisotopic (exact) mass is 240 g/mol. The fourth-order valence-corrected chi connectivity index (χ4v) is 1.03. The van der Waals surface area contributed by atoms with E-state index >= 15 is 0 Å². The number of hydrazone groups is 1. The average molecular weight is 240 g/mol. The van der Waals surface area contributed by atoms with Gasteiger partial charge in [-0.25, -0.2) is 0 Å². The molecule has 0 aliphatic rings. The lowest BCUT2D eigenvalue weighted by atomic mass is 10.3. The zero-order valence-electron chi connectivity index (χ0n) is 8.93. The molecule has 1 aromatic rings. The van der Waals surface area contributed by atoms with Crippen LogP contribution in [0.25, 0.3) is 0 Å². The first-order valence-electron chi connectivity index (χ1n) is 4.35. The number of hydrogen-bond donors (Lipinski definition) is 2. The number of aromatic nitrogens is 1.